The van der Waals surface area contributed by atoms with Crippen LogP contribution in [-0.4, -0.2) is 43.6 Å². The van der Waals surface area contributed by atoms with Gasteiger partial charge in [-0.2, -0.15) is 0 Å². The summed E-state index contributed by atoms with van der Waals surface area (Å²) in [6.07, 6.45) is 1.48. The van der Waals surface area contributed by atoms with Gasteiger partial charge in [-0.1, -0.05) is 42.5 Å². The van der Waals surface area contributed by atoms with E-state index in [0.717, 1.165) is 16.5 Å². The lowest BCUT2D eigenvalue weighted by atomic mass is 10.1. The Balaban J connectivity index is 1.73. The second-order valence-electron chi connectivity index (χ2n) is 6.84. The maximum atomic E-state index is 12.8. The molecule has 2 aromatic rings. The zero-order valence-electron chi connectivity index (χ0n) is 15.9. The molecule has 0 saturated heterocycles. The van der Waals surface area contributed by atoms with Crippen molar-refractivity contribution in [2.24, 2.45) is 0 Å². The Morgan fingerprint density at radius 2 is 1.86 bits per heavy atom. The minimum Gasteiger partial charge on any atom is -0.452 e. The quantitative estimate of drug-likeness (QED) is 0.573. The van der Waals surface area contributed by atoms with Crippen LogP contribution >= 0.6 is 0 Å². The third kappa shape index (κ3) is 5.03. The van der Waals surface area contributed by atoms with Crippen molar-refractivity contribution in [3.05, 3.63) is 76.7 Å². The van der Waals surface area contributed by atoms with Crippen LogP contribution < -0.4 is 5.73 Å². The van der Waals surface area contributed by atoms with E-state index >= 15 is 0 Å². The lowest BCUT2D eigenvalue weighted by Crippen LogP contribution is -2.42. The van der Waals surface area contributed by atoms with E-state index < -0.39 is 34.4 Å². The van der Waals surface area contributed by atoms with E-state index in [0.29, 0.717) is 5.69 Å². The Bertz CT molecular complexity index is 1050. The van der Waals surface area contributed by atoms with Crippen molar-refractivity contribution in [2.45, 2.75) is 19.5 Å². The number of aryl methyl sites for hydroxylation is 1. The number of benzene rings is 2. The smallest absolute Gasteiger partial charge is 0.340 e. The molecule has 7 nitrogen and oxygen atoms in total. The van der Waals surface area contributed by atoms with Crippen LogP contribution in [0.1, 0.15) is 21.5 Å². The molecule has 0 radical (unpaired) electrons. The van der Waals surface area contributed by atoms with E-state index in [1.807, 2.05) is 30.3 Å². The SMILES string of the molecule is Cc1cccc(C(=O)OCC(=O)N(Cc2ccccc2)[C@@H]2C=CS(=O)(=O)C2)c1N. The van der Waals surface area contributed by atoms with Gasteiger partial charge in [-0.15, -0.1) is 0 Å². The van der Waals surface area contributed by atoms with Gasteiger partial charge in [0.25, 0.3) is 5.91 Å². The lowest BCUT2D eigenvalue weighted by molar-refractivity contribution is -0.136. The van der Waals surface area contributed by atoms with Crippen LogP contribution in [0.3, 0.4) is 0 Å². The molecule has 0 aliphatic carbocycles. The lowest BCUT2D eigenvalue weighted by Gasteiger charge is -2.27. The summed E-state index contributed by atoms with van der Waals surface area (Å²) in [5.74, 6) is -1.38. The summed E-state index contributed by atoms with van der Waals surface area (Å²) < 4.78 is 28.8. The standard InChI is InChI=1S/C21H22N2O5S/c1-15-6-5-9-18(20(15)22)21(25)28-13-19(24)23(12-16-7-3-2-4-8-16)17-10-11-29(26,27)14-17/h2-11,17H,12-14,22H2,1H3/t17-/m1/s1. The number of anilines is 1. The molecular weight excluding hydrogens is 392 g/mol. The number of sulfone groups is 1. The van der Waals surface area contributed by atoms with Gasteiger partial charge in [0.2, 0.25) is 0 Å². The van der Waals surface area contributed by atoms with Crippen LogP contribution in [0.15, 0.2) is 60.0 Å². The molecule has 1 amide bonds. The van der Waals surface area contributed by atoms with Gasteiger partial charge >= 0.3 is 5.97 Å². The number of carbonyl (C=O) groups excluding carboxylic acids is 2. The maximum absolute atomic E-state index is 12.8. The second kappa shape index (κ2) is 8.48. The molecular formula is C21H22N2O5S. The third-order valence-electron chi connectivity index (χ3n) is 4.70. The normalized spacial score (nSPS) is 17.1. The zero-order chi connectivity index (χ0) is 21.0. The number of nitrogens with two attached hydrogens (primary N) is 1. The van der Waals surface area contributed by atoms with E-state index in [9.17, 15) is 18.0 Å². The largest absolute Gasteiger partial charge is 0.452 e. The minimum atomic E-state index is -3.35. The summed E-state index contributed by atoms with van der Waals surface area (Å²) in [6.45, 7) is 1.46. The van der Waals surface area contributed by atoms with E-state index in [4.69, 9.17) is 10.5 Å². The summed E-state index contributed by atoms with van der Waals surface area (Å²) in [6, 6.07) is 13.6. The molecule has 0 unspecified atom stereocenters. The van der Waals surface area contributed by atoms with E-state index in [2.05, 4.69) is 0 Å². The second-order valence-corrected chi connectivity index (χ2v) is 8.78. The molecule has 1 heterocycles. The predicted octanol–water partition coefficient (Wildman–Crippen LogP) is 2.07. The molecule has 1 atom stereocenters. The molecule has 0 aromatic heterocycles. The summed E-state index contributed by atoms with van der Waals surface area (Å²) in [7, 11) is -3.35. The molecule has 152 valence electrons. The van der Waals surface area contributed by atoms with Crippen LogP contribution in [-0.2, 0) is 25.9 Å². The molecule has 1 aliphatic rings. The molecule has 8 heteroatoms. The van der Waals surface area contributed by atoms with E-state index in [1.54, 1.807) is 19.1 Å². The zero-order valence-corrected chi connectivity index (χ0v) is 16.8. The first-order valence-electron chi connectivity index (χ1n) is 9.03. The number of amides is 1. The van der Waals surface area contributed by atoms with Crippen LogP contribution in [0.4, 0.5) is 5.69 Å². The predicted molar refractivity (Wildman–Crippen MR) is 110 cm³/mol. The molecule has 3 rings (SSSR count). The van der Waals surface area contributed by atoms with Crippen LogP contribution in [0.2, 0.25) is 0 Å². The summed E-state index contributed by atoms with van der Waals surface area (Å²) >= 11 is 0. The fourth-order valence-corrected chi connectivity index (χ4v) is 4.37. The van der Waals surface area contributed by atoms with Gasteiger partial charge in [-0.3, -0.25) is 4.79 Å². The van der Waals surface area contributed by atoms with Gasteiger partial charge in [0, 0.05) is 17.6 Å². The first-order chi connectivity index (χ1) is 13.8. The number of nitrogens with zero attached hydrogens (tertiary/aromatic N) is 1. The molecule has 0 bridgehead atoms. The van der Waals surface area contributed by atoms with Gasteiger partial charge in [0.1, 0.15) is 0 Å². The summed E-state index contributed by atoms with van der Waals surface area (Å²) in [5, 5.41) is 1.11. The molecule has 29 heavy (non-hydrogen) atoms. The molecule has 0 spiro atoms. The highest BCUT2D eigenvalue weighted by Crippen LogP contribution is 2.20. The Morgan fingerprint density at radius 1 is 1.14 bits per heavy atom. The molecule has 2 N–H and O–H groups in total. The number of hydrogen-bond acceptors (Lipinski definition) is 6. The highest BCUT2D eigenvalue weighted by atomic mass is 32.2. The number of hydrogen-bond donors (Lipinski definition) is 1. The van der Waals surface area contributed by atoms with Crippen molar-refractivity contribution < 1.29 is 22.7 Å². The highest BCUT2D eigenvalue weighted by molar-refractivity contribution is 7.94. The number of nitrogen functional groups attached to an aromatic ring is 1. The van der Waals surface area contributed by atoms with Crippen molar-refractivity contribution in [1.29, 1.82) is 0 Å². The van der Waals surface area contributed by atoms with Crippen LogP contribution in [0.5, 0.6) is 0 Å². The monoisotopic (exact) mass is 414 g/mol. The number of esters is 1. The first kappa shape index (κ1) is 20.6. The van der Waals surface area contributed by atoms with Crippen molar-refractivity contribution in [3.8, 4) is 0 Å². The van der Waals surface area contributed by atoms with Crippen molar-refractivity contribution in [3.63, 3.8) is 0 Å². The Morgan fingerprint density at radius 3 is 2.52 bits per heavy atom. The summed E-state index contributed by atoms with van der Waals surface area (Å²) in [5.41, 5.74) is 7.98. The average Bonchev–Trinajstić information content (AvgIpc) is 3.06. The van der Waals surface area contributed by atoms with Gasteiger partial charge in [0.05, 0.1) is 17.4 Å². The molecule has 2 aromatic carbocycles. The summed E-state index contributed by atoms with van der Waals surface area (Å²) in [4.78, 5) is 26.6. The van der Waals surface area contributed by atoms with Crippen molar-refractivity contribution in [1.82, 2.24) is 4.90 Å². The molecule has 0 fully saturated rings. The topological polar surface area (TPSA) is 107 Å². The Hall–Kier alpha value is -3.13. The molecule has 0 saturated carbocycles. The fourth-order valence-electron chi connectivity index (χ4n) is 3.07. The van der Waals surface area contributed by atoms with Crippen LogP contribution in [0.25, 0.3) is 0 Å². The van der Waals surface area contributed by atoms with Gasteiger partial charge in [-0.05, 0) is 30.2 Å². The fraction of sp³-hybridized carbons (Fsp3) is 0.238. The minimum absolute atomic E-state index is 0.190. The number of ether oxygens (including phenoxy) is 1. The van der Waals surface area contributed by atoms with E-state index in [-0.39, 0.29) is 17.9 Å². The van der Waals surface area contributed by atoms with Crippen molar-refractivity contribution in [2.75, 3.05) is 18.1 Å². The Labute approximate surface area is 169 Å². The van der Waals surface area contributed by atoms with Crippen molar-refractivity contribution >= 4 is 27.4 Å². The first-order valence-corrected chi connectivity index (χ1v) is 10.7. The van der Waals surface area contributed by atoms with Gasteiger partial charge in [-0.25, -0.2) is 13.2 Å². The number of carbonyl (C=O) groups is 2. The van der Waals surface area contributed by atoms with E-state index in [1.165, 1.54) is 17.0 Å². The van der Waals surface area contributed by atoms with Gasteiger partial charge < -0.3 is 15.4 Å². The Kier molecular flexibility index (Phi) is 6.03. The third-order valence-corrected chi connectivity index (χ3v) is 6.08. The highest BCUT2D eigenvalue weighted by Gasteiger charge is 2.31. The average molecular weight is 414 g/mol. The number of rotatable bonds is 6. The molecule has 1 aliphatic heterocycles. The van der Waals surface area contributed by atoms with Gasteiger partial charge in [0.15, 0.2) is 16.4 Å². The maximum Gasteiger partial charge on any atom is 0.340 e. The van der Waals surface area contributed by atoms with Crippen LogP contribution in [0, 0.1) is 6.92 Å². The number of para-hydroxylation sites is 1.